The van der Waals surface area contributed by atoms with Gasteiger partial charge in [-0.15, -0.1) is 0 Å². The monoisotopic (exact) mass is 372 g/mol. The minimum absolute atomic E-state index is 0.0877. The first-order valence-corrected chi connectivity index (χ1v) is 8.22. The van der Waals surface area contributed by atoms with Crippen LogP contribution >= 0.6 is 15.9 Å². The Morgan fingerprint density at radius 3 is 2.70 bits per heavy atom. The fourth-order valence-electron chi connectivity index (χ4n) is 2.70. The molecule has 0 bridgehead atoms. The van der Waals surface area contributed by atoms with Crippen LogP contribution in [0.4, 0.5) is 5.69 Å². The van der Waals surface area contributed by atoms with Gasteiger partial charge < -0.3 is 10.2 Å². The van der Waals surface area contributed by atoms with Gasteiger partial charge in [0.25, 0.3) is 5.91 Å². The van der Waals surface area contributed by atoms with Crippen LogP contribution in [0.2, 0.25) is 0 Å². The quantitative estimate of drug-likeness (QED) is 0.891. The normalized spacial score (nSPS) is 14.6. The molecule has 4 nitrogen and oxygen atoms in total. The zero-order valence-electron chi connectivity index (χ0n) is 13.0. The van der Waals surface area contributed by atoms with Crippen molar-refractivity contribution in [3.8, 4) is 0 Å². The van der Waals surface area contributed by atoms with Crippen molar-refractivity contribution >= 4 is 33.4 Å². The third-order valence-electron chi connectivity index (χ3n) is 4.12. The topological polar surface area (TPSA) is 49.4 Å². The molecule has 3 rings (SSSR count). The van der Waals surface area contributed by atoms with E-state index in [0.717, 1.165) is 21.3 Å². The molecule has 0 spiro atoms. The Hall–Kier alpha value is -2.14. The van der Waals surface area contributed by atoms with Crippen molar-refractivity contribution < 1.29 is 9.59 Å². The molecule has 2 aromatic carbocycles. The van der Waals surface area contributed by atoms with E-state index in [1.807, 2.05) is 43.3 Å². The molecule has 1 aliphatic heterocycles. The van der Waals surface area contributed by atoms with Crippen molar-refractivity contribution in [3.05, 3.63) is 63.6 Å². The highest BCUT2D eigenvalue weighted by Gasteiger charge is 2.33. The Morgan fingerprint density at radius 1 is 1.26 bits per heavy atom. The molecule has 2 aromatic rings. The van der Waals surface area contributed by atoms with Crippen LogP contribution in [-0.2, 0) is 11.3 Å². The standard InChI is InChI=1S/C18H17BrN2O2/c1-11-9-14(7-8-16(11)19)20-17(22)12(2)21-10-13-5-3-4-6-15(13)18(21)23/h3-9,12H,10H2,1-2H3,(H,20,22)/t12-/m1/s1. The lowest BCUT2D eigenvalue weighted by Crippen LogP contribution is -2.42. The van der Waals surface area contributed by atoms with Crippen LogP contribution in [0.15, 0.2) is 46.9 Å². The molecule has 1 aliphatic rings. The number of benzene rings is 2. The highest BCUT2D eigenvalue weighted by atomic mass is 79.9. The number of aryl methyl sites for hydroxylation is 1. The second kappa shape index (κ2) is 6.16. The van der Waals surface area contributed by atoms with E-state index in [9.17, 15) is 9.59 Å². The molecule has 5 heteroatoms. The maximum absolute atomic E-state index is 12.5. The van der Waals surface area contributed by atoms with E-state index in [1.165, 1.54) is 0 Å². The molecular weight excluding hydrogens is 356 g/mol. The van der Waals surface area contributed by atoms with Gasteiger partial charge in [0.1, 0.15) is 6.04 Å². The van der Waals surface area contributed by atoms with Gasteiger partial charge in [0.2, 0.25) is 5.91 Å². The Labute approximate surface area is 143 Å². The highest BCUT2D eigenvalue weighted by Crippen LogP contribution is 2.25. The predicted octanol–water partition coefficient (Wildman–Crippen LogP) is 3.74. The molecule has 0 aromatic heterocycles. The van der Waals surface area contributed by atoms with Gasteiger partial charge in [-0.1, -0.05) is 34.1 Å². The Balaban J connectivity index is 1.73. The number of halogens is 1. The highest BCUT2D eigenvalue weighted by molar-refractivity contribution is 9.10. The molecule has 0 saturated carbocycles. The lowest BCUT2D eigenvalue weighted by atomic mass is 10.1. The number of hydrogen-bond donors (Lipinski definition) is 1. The molecule has 1 N–H and O–H groups in total. The van der Waals surface area contributed by atoms with E-state index in [2.05, 4.69) is 21.2 Å². The van der Waals surface area contributed by atoms with E-state index in [-0.39, 0.29) is 11.8 Å². The van der Waals surface area contributed by atoms with Crippen LogP contribution in [0, 0.1) is 6.92 Å². The summed E-state index contributed by atoms with van der Waals surface area (Å²) in [5.41, 5.74) is 3.43. The van der Waals surface area contributed by atoms with Crippen LogP contribution in [0.1, 0.15) is 28.4 Å². The SMILES string of the molecule is Cc1cc(NC(=O)[C@@H](C)N2Cc3ccccc3C2=O)ccc1Br. The van der Waals surface area contributed by atoms with Crippen LogP contribution < -0.4 is 5.32 Å². The van der Waals surface area contributed by atoms with Gasteiger partial charge in [-0.2, -0.15) is 0 Å². The summed E-state index contributed by atoms with van der Waals surface area (Å²) in [6.45, 7) is 4.19. The van der Waals surface area contributed by atoms with Crippen molar-refractivity contribution in [3.63, 3.8) is 0 Å². The number of rotatable bonds is 3. The molecule has 2 amide bonds. The summed E-state index contributed by atoms with van der Waals surface area (Å²) in [5, 5.41) is 2.88. The Morgan fingerprint density at radius 2 is 2.00 bits per heavy atom. The molecule has 0 unspecified atom stereocenters. The summed E-state index contributed by atoms with van der Waals surface area (Å²) in [7, 11) is 0. The van der Waals surface area contributed by atoms with E-state index < -0.39 is 6.04 Å². The third kappa shape index (κ3) is 3.01. The molecule has 118 valence electrons. The molecular formula is C18H17BrN2O2. The van der Waals surface area contributed by atoms with Crippen LogP contribution in [-0.4, -0.2) is 22.8 Å². The third-order valence-corrected chi connectivity index (χ3v) is 5.01. The maximum atomic E-state index is 12.5. The number of nitrogens with one attached hydrogen (secondary N) is 1. The number of anilines is 1. The van der Waals surface area contributed by atoms with Gasteiger partial charge >= 0.3 is 0 Å². The average Bonchev–Trinajstić information content (AvgIpc) is 2.87. The minimum atomic E-state index is -0.529. The summed E-state index contributed by atoms with van der Waals surface area (Å²) in [5.74, 6) is -0.275. The second-order valence-electron chi connectivity index (χ2n) is 5.72. The first-order chi connectivity index (χ1) is 11.0. The van der Waals surface area contributed by atoms with E-state index in [4.69, 9.17) is 0 Å². The fraction of sp³-hybridized carbons (Fsp3) is 0.222. The first-order valence-electron chi connectivity index (χ1n) is 7.43. The first kappa shape index (κ1) is 15.7. The summed E-state index contributed by atoms with van der Waals surface area (Å²) >= 11 is 3.44. The van der Waals surface area contributed by atoms with Crippen molar-refractivity contribution in [2.24, 2.45) is 0 Å². The number of amides is 2. The Bertz CT molecular complexity index is 788. The van der Waals surface area contributed by atoms with Gasteiger partial charge in [-0.05, 0) is 49.2 Å². The van der Waals surface area contributed by atoms with Crippen molar-refractivity contribution in [1.29, 1.82) is 0 Å². The van der Waals surface area contributed by atoms with Gasteiger partial charge in [0.05, 0.1) is 0 Å². The summed E-state index contributed by atoms with van der Waals surface area (Å²) in [6, 6.07) is 12.6. The second-order valence-corrected chi connectivity index (χ2v) is 6.57. The van der Waals surface area contributed by atoms with E-state index in [1.54, 1.807) is 17.9 Å². The van der Waals surface area contributed by atoms with Crippen molar-refractivity contribution in [2.75, 3.05) is 5.32 Å². The lowest BCUT2D eigenvalue weighted by Gasteiger charge is -2.23. The van der Waals surface area contributed by atoms with Crippen LogP contribution in [0.25, 0.3) is 0 Å². The summed E-state index contributed by atoms with van der Waals surface area (Å²) < 4.78 is 0.994. The molecule has 1 atom stereocenters. The average molecular weight is 373 g/mol. The summed E-state index contributed by atoms with van der Waals surface area (Å²) in [4.78, 5) is 26.5. The Kier molecular flexibility index (Phi) is 4.22. The number of nitrogens with zero attached hydrogens (tertiary/aromatic N) is 1. The zero-order chi connectivity index (χ0) is 16.6. The minimum Gasteiger partial charge on any atom is -0.324 e. The van der Waals surface area contributed by atoms with Crippen LogP contribution in [0.3, 0.4) is 0 Å². The lowest BCUT2D eigenvalue weighted by molar-refractivity contribution is -0.120. The number of hydrogen-bond acceptors (Lipinski definition) is 2. The predicted molar refractivity (Wildman–Crippen MR) is 93.3 cm³/mol. The van der Waals surface area contributed by atoms with Gasteiger partial charge in [-0.3, -0.25) is 9.59 Å². The fourth-order valence-corrected chi connectivity index (χ4v) is 2.95. The molecule has 1 heterocycles. The van der Waals surface area contributed by atoms with E-state index >= 15 is 0 Å². The molecule has 0 saturated heterocycles. The summed E-state index contributed by atoms with van der Waals surface area (Å²) in [6.07, 6.45) is 0. The molecule has 23 heavy (non-hydrogen) atoms. The largest absolute Gasteiger partial charge is 0.324 e. The van der Waals surface area contributed by atoms with Gasteiger partial charge in [0, 0.05) is 22.3 Å². The van der Waals surface area contributed by atoms with Crippen molar-refractivity contribution in [1.82, 2.24) is 4.90 Å². The number of fused-ring (bicyclic) bond motifs is 1. The number of carbonyl (C=O) groups is 2. The van der Waals surface area contributed by atoms with Gasteiger partial charge in [0.15, 0.2) is 0 Å². The zero-order valence-corrected chi connectivity index (χ0v) is 14.6. The maximum Gasteiger partial charge on any atom is 0.255 e. The molecule has 0 radical (unpaired) electrons. The van der Waals surface area contributed by atoms with Crippen molar-refractivity contribution in [2.45, 2.75) is 26.4 Å². The molecule has 0 aliphatic carbocycles. The van der Waals surface area contributed by atoms with Gasteiger partial charge in [-0.25, -0.2) is 0 Å². The van der Waals surface area contributed by atoms with Crippen LogP contribution in [0.5, 0.6) is 0 Å². The number of carbonyl (C=O) groups excluding carboxylic acids is 2. The molecule has 0 fully saturated rings. The smallest absolute Gasteiger partial charge is 0.255 e. The van der Waals surface area contributed by atoms with E-state index in [0.29, 0.717) is 12.1 Å².